The maximum Gasteiger partial charge on any atom is 0.266 e. The first-order chi connectivity index (χ1) is 16.3. The summed E-state index contributed by atoms with van der Waals surface area (Å²) in [5.74, 6) is 0.562. The molecule has 0 saturated heterocycles. The molecule has 0 bridgehead atoms. The number of nitrogens with one attached hydrogen (secondary N) is 1. The molecule has 0 aliphatic heterocycles. The van der Waals surface area contributed by atoms with Crippen LogP contribution in [0.25, 0.3) is 6.08 Å². The highest BCUT2D eigenvalue weighted by molar-refractivity contribution is 14.1. The summed E-state index contributed by atoms with van der Waals surface area (Å²) in [7, 11) is 0. The predicted octanol–water partition coefficient (Wildman–Crippen LogP) is 7.43. The second-order valence-corrected chi connectivity index (χ2v) is 9.28. The number of ether oxygens (including phenoxy) is 2. The average Bonchev–Trinajstić information content (AvgIpc) is 2.79. The van der Waals surface area contributed by atoms with Gasteiger partial charge >= 0.3 is 0 Å². The molecule has 3 aromatic carbocycles. The van der Waals surface area contributed by atoms with Crippen LogP contribution in [0.15, 0.2) is 60.2 Å². The molecule has 3 aromatic rings. The molecule has 0 radical (unpaired) electrons. The van der Waals surface area contributed by atoms with Crippen LogP contribution in [0.3, 0.4) is 0 Å². The van der Waals surface area contributed by atoms with E-state index in [1.165, 1.54) is 6.08 Å². The highest BCUT2D eigenvalue weighted by Gasteiger charge is 2.15. The van der Waals surface area contributed by atoms with Crippen molar-refractivity contribution >= 4 is 63.5 Å². The van der Waals surface area contributed by atoms with Crippen molar-refractivity contribution in [2.24, 2.45) is 0 Å². The van der Waals surface area contributed by atoms with Crippen LogP contribution in [-0.4, -0.2) is 12.5 Å². The summed E-state index contributed by atoms with van der Waals surface area (Å²) in [6.07, 6.45) is 1.52. The highest BCUT2D eigenvalue weighted by atomic mass is 127. The van der Waals surface area contributed by atoms with Gasteiger partial charge in [-0.15, -0.1) is 0 Å². The van der Waals surface area contributed by atoms with Crippen molar-refractivity contribution in [3.05, 3.63) is 90.5 Å². The number of nitrogens with zero attached hydrogens (tertiary/aromatic N) is 1. The van der Waals surface area contributed by atoms with E-state index in [2.05, 4.69) is 27.9 Å². The first kappa shape index (κ1) is 25.9. The highest BCUT2D eigenvalue weighted by Crippen LogP contribution is 2.36. The van der Waals surface area contributed by atoms with E-state index in [0.29, 0.717) is 39.4 Å². The zero-order valence-corrected chi connectivity index (χ0v) is 22.2. The van der Waals surface area contributed by atoms with Crippen molar-refractivity contribution in [1.29, 1.82) is 5.26 Å². The maximum absolute atomic E-state index is 12.6. The topological polar surface area (TPSA) is 71.3 Å². The first-order valence-electron chi connectivity index (χ1n) is 10.3. The van der Waals surface area contributed by atoms with Gasteiger partial charge in [-0.05, 0) is 84.5 Å². The van der Waals surface area contributed by atoms with Crippen molar-refractivity contribution in [3.63, 3.8) is 0 Å². The number of nitriles is 1. The van der Waals surface area contributed by atoms with E-state index in [9.17, 15) is 10.1 Å². The summed E-state index contributed by atoms with van der Waals surface area (Å²) in [5.41, 5.74) is 3.09. The summed E-state index contributed by atoms with van der Waals surface area (Å²) in [6, 6.07) is 18.1. The second kappa shape index (κ2) is 12.1. The summed E-state index contributed by atoms with van der Waals surface area (Å²) < 4.78 is 12.6. The fourth-order valence-corrected chi connectivity index (χ4v) is 4.26. The molecule has 1 N–H and O–H groups in total. The minimum Gasteiger partial charge on any atom is -0.490 e. The van der Waals surface area contributed by atoms with Crippen molar-refractivity contribution in [2.45, 2.75) is 20.5 Å². The molecule has 0 aliphatic carbocycles. The molecule has 1 amide bonds. The molecule has 3 rings (SSSR count). The smallest absolute Gasteiger partial charge is 0.266 e. The van der Waals surface area contributed by atoms with E-state index in [1.54, 1.807) is 36.4 Å². The number of carbonyl (C=O) groups excluding carboxylic acids is 1. The van der Waals surface area contributed by atoms with Crippen LogP contribution in [0.1, 0.15) is 23.6 Å². The van der Waals surface area contributed by atoms with Gasteiger partial charge in [0.25, 0.3) is 5.91 Å². The molecule has 8 heteroatoms. The summed E-state index contributed by atoms with van der Waals surface area (Å²) in [4.78, 5) is 12.6. The van der Waals surface area contributed by atoms with Crippen LogP contribution >= 0.6 is 45.8 Å². The molecule has 0 atom stereocenters. The van der Waals surface area contributed by atoms with Gasteiger partial charge in [-0.25, -0.2) is 0 Å². The van der Waals surface area contributed by atoms with Gasteiger partial charge in [-0.1, -0.05) is 47.0 Å². The number of halogens is 3. The molecular formula is C26H21Cl2IN2O3. The normalized spacial score (nSPS) is 11.0. The Morgan fingerprint density at radius 2 is 1.85 bits per heavy atom. The lowest BCUT2D eigenvalue weighted by Gasteiger charge is -2.15. The van der Waals surface area contributed by atoms with Gasteiger partial charge in [-0.2, -0.15) is 5.26 Å². The first-order valence-corrected chi connectivity index (χ1v) is 12.2. The Labute approximate surface area is 222 Å². The number of anilines is 1. The van der Waals surface area contributed by atoms with Gasteiger partial charge in [0.05, 0.1) is 10.2 Å². The van der Waals surface area contributed by atoms with Crippen molar-refractivity contribution in [1.82, 2.24) is 0 Å². The van der Waals surface area contributed by atoms with E-state index >= 15 is 0 Å². The molecule has 5 nitrogen and oxygen atoms in total. The number of benzene rings is 3. The lowest BCUT2D eigenvalue weighted by Crippen LogP contribution is -2.13. The SMILES string of the molecule is CCOc1cc(/C=C(/C#N)C(=O)Nc2ccc(C)cc2)cc(I)c1OCc1ccc(Cl)cc1Cl. The molecule has 0 aromatic heterocycles. The standard InChI is InChI=1S/C26H21Cl2IN2O3/c1-3-33-24-12-17(10-19(14-30)26(32)31-21-8-4-16(2)5-9-21)11-23(29)25(24)34-15-18-6-7-20(27)13-22(18)28/h4-13H,3,15H2,1-2H3,(H,31,32)/b19-10-. The number of carbonyl (C=O) groups is 1. The Bertz CT molecular complexity index is 1270. The summed E-state index contributed by atoms with van der Waals surface area (Å²) in [5, 5.41) is 13.4. The molecule has 0 spiro atoms. The number of amides is 1. The maximum atomic E-state index is 12.6. The van der Waals surface area contributed by atoms with Gasteiger partial charge in [-0.3, -0.25) is 4.79 Å². The number of aryl methyl sites for hydroxylation is 1. The minimum absolute atomic E-state index is 0.0274. The van der Waals surface area contributed by atoms with Gasteiger partial charge < -0.3 is 14.8 Å². The van der Waals surface area contributed by atoms with E-state index in [0.717, 1.165) is 14.7 Å². The Morgan fingerprint density at radius 3 is 2.50 bits per heavy atom. The molecular weight excluding hydrogens is 586 g/mol. The van der Waals surface area contributed by atoms with E-state index in [-0.39, 0.29) is 12.2 Å². The largest absolute Gasteiger partial charge is 0.490 e. The van der Waals surface area contributed by atoms with E-state index in [4.69, 9.17) is 32.7 Å². The monoisotopic (exact) mass is 606 g/mol. The molecule has 34 heavy (non-hydrogen) atoms. The zero-order chi connectivity index (χ0) is 24.7. The van der Waals surface area contributed by atoms with Crippen LogP contribution in [0.2, 0.25) is 10.0 Å². The molecule has 0 heterocycles. The quantitative estimate of drug-likeness (QED) is 0.164. The number of rotatable bonds is 8. The Balaban J connectivity index is 1.85. The Hall–Kier alpha value is -2.73. The van der Waals surface area contributed by atoms with Gasteiger partial charge in [0.15, 0.2) is 11.5 Å². The molecule has 0 unspecified atom stereocenters. The lowest BCUT2D eigenvalue weighted by molar-refractivity contribution is -0.112. The fourth-order valence-electron chi connectivity index (χ4n) is 3.01. The zero-order valence-electron chi connectivity index (χ0n) is 18.5. The fraction of sp³-hybridized carbons (Fsp3) is 0.154. The second-order valence-electron chi connectivity index (χ2n) is 7.28. The molecule has 174 valence electrons. The van der Waals surface area contributed by atoms with E-state index < -0.39 is 5.91 Å². The minimum atomic E-state index is -0.489. The number of hydrogen-bond donors (Lipinski definition) is 1. The third kappa shape index (κ3) is 6.89. The van der Waals surface area contributed by atoms with Crippen molar-refractivity contribution in [2.75, 3.05) is 11.9 Å². The third-order valence-electron chi connectivity index (χ3n) is 4.70. The predicted molar refractivity (Wildman–Crippen MR) is 145 cm³/mol. The Morgan fingerprint density at radius 1 is 1.12 bits per heavy atom. The van der Waals surface area contributed by atoms with E-state index in [1.807, 2.05) is 38.1 Å². The van der Waals surface area contributed by atoms with Gasteiger partial charge in [0.1, 0.15) is 18.2 Å². The van der Waals surface area contributed by atoms with Crippen LogP contribution in [0, 0.1) is 21.8 Å². The average molecular weight is 607 g/mol. The number of hydrogen-bond acceptors (Lipinski definition) is 4. The Kier molecular flexibility index (Phi) is 9.22. The van der Waals surface area contributed by atoms with Crippen LogP contribution in [0.5, 0.6) is 11.5 Å². The third-order valence-corrected chi connectivity index (χ3v) is 6.09. The van der Waals surface area contributed by atoms with Crippen LogP contribution in [-0.2, 0) is 11.4 Å². The summed E-state index contributed by atoms with van der Waals surface area (Å²) >= 11 is 14.4. The van der Waals surface area contributed by atoms with Crippen LogP contribution < -0.4 is 14.8 Å². The molecule has 0 fully saturated rings. The van der Waals surface area contributed by atoms with Gasteiger partial charge in [0, 0.05) is 21.3 Å². The van der Waals surface area contributed by atoms with Crippen molar-refractivity contribution in [3.8, 4) is 17.6 Å². The lowest BCUT2D eigenvalue weighted by atomic mass is 10.1. The molecule has 0 saturated carbocycles. The molecule has 0 aliphatic rings. The van der Waals surface area contributed by atoms with Gasteiger partial charge in [0.2, 0.25) is 0 Å². The van der Waals surface area contributed by atoms with Crippen LogP contribution in [0.4, 0.5) is 5.69 Å². The van der Waals surface area contributed by atoms with Crippen molar-refractivity contribution < 1.29 is 14.3 Å². The summed E-state index contributed by atoms with van der Waals surface area (Å²) in [6.45, 7) is 4.47.